The summed E-state index contributed by atoms with van der Waals surface area (Å²) in [7, 11) is 1.90. The lowest BCUT2D eigenvalue weighted by molar-refractivity contribution is -0.122. The van der Waals surface area contributed by atoms with Crippen molar-refractivity contribution < 1.29 is 9.90 Å². The maximum Gasteiger partial charge on any atom is 0.221 e. The summed E-state index contributed by atoms with van der Waals surface area (Å²) in [6.45, 7) is 8.65. The average molecular weight is 216 g/mol. The fraction of sp³-hybridized carbons (Fsp3) is 0.909. The van der Waals surface area contributed by atoms with Gasteiger partial charge in [0.2, 0.25) is 5.91 Å². The van der Waals surface area contributed by atoms with Gasteiger partial charge < -0.3 is 15.3 Å². The third-order valence-electron chi connectivity index (χ3n) is 1.83. The Bertz CT molecular complexity index is 197. The molecular formula is C11H24N2O2. The molecule has 0 atom stereocenters. The van der Waals surface area contributed by atoms with Crippen molar-refractivity contribution in [2.45, 2.75) is 45.8 Å². The van der Waals surface area contributed by atoms with Crippen LogP contribution in [0, 0.1) is 0 Å². The number of hydrogen-bond acceptors (Lipinski definition) is 3. The van der Waals surface area contributed by atoms with Crippen LogP contribution in [0.25, 0.3) is 0 Å². The Kier molecular flexibility index (Phi) is 5.83. The molecule has 0 aliphatic carbocycles. The maximum atomic E-state index is 11.3. The van der Waals surface area contributed by atoms with Crippen LogP contribution in [0.15, 0.2) is 0 Å². The molecule has 1 amide bonds. The van der Waals surface area contributed by atoms with Crippen molar-refractivity contribution in [2.24, 2.45) is 0 Å². The van der Waals surface area contributed by atoms with E-state index in [4.69, 9.17) is 0 Å². The van der Waals surface area contributed by atoms with Gasteiger partial charge in [0.25, 0.3) is 0 Å². The molecular weight excluding hydrogens is 192 g/mol. The third kappa shape index (κ3) is 9.69. The smallest absolute Gasteiger partial charge is 0.221 e. The van der Waals surface area contributed by atoms with Gasteiger partial charge in [-0.05, 0) is 34.7 Å². The standard InChI is InChI=1S/C11H24N2O2/c1-9(2)12-10(14)6-7-13(5)8-11(3,4)15/h9,15H,6-8H2,1-5H3,(H,12,14). The molecule has 0 aromatic carbocycles. The number of carbonyl (C=O) groups is 1. The van der Waals surface area contributed by atoms with E-state index in [2.05, 4.69) is 5.32 Å². The van der Waals surface area contributed by atoms with Crippen molar-refractivity contribution in [3.05, 3.63) is 0 Å². The first-order valence-electron chi connectivity index (χ1n) is 5.41. The van der Waals surface area contributed by atoms with Gasteiger partial charge in [-0.1, -0.05) is 0 Å². The molecule has 0 radical (unpaired) electrons. The van der Waals surface area contributed by atoms with E-state index in [9.17, 15) is 9.90 Å². The molecule has 0 unspecified atom stereocenters. The number of amides is 1. The van der Waals surface area contributed by atoms with Crippen molar-refractivity contribution in [3.63, 3.8) is 0 Å². The Morgan fingerprint density at radius 1 is 1.47 bits per heavy atom. The summed E-state index contributed by atoms with van der Waals surface area (Å²) in [5.41, 5.74) is -0.705. The summed E-state index contributed by atoms with van der Waals surface area (Å²) in [6, 6.07) is 0.192. The lowest BCUT2D eigenvalue weighted by Crippen LogP contribution is -2.39. The zero-order chi connectivity index (χ0) is 12.1. The summed E-state index contributed by atoms with van der Waals surface area (Å²) >= 11 is 0. The van der Waals surface area contributed by atoms with Gasteiger partial charge in [-0.3, -0.25) is 4.79 Å². The van der Waals surface area contributed by atoms with Crippen LogP contribution in [0.4, 0.5) is 0 Å². The predicted molar refractivity (Wildman–Crippen MR) is 61.7 cm³/mol. The van der Waals surface area contributed by atoms with E-state index in [1.807, 2.05) is 25.8 Å². The van der Waals surface area contributed by atoms with Gasteiger partial charge in [0.15, 0.2) is 0 Å². The summed E-state index contributed by atoms with van der Waals surface area (Å²) in [6.07, 6.45) is 0.477. The van der Waals surface area contributed by atoms with Crippen molar-refractivity contribution >= 4 is 5.91 Å². The summed E-state index contributed by atoms with van der Waals surface area (Å²) in [5, 5.41) is 12.4. The Morgan fingerprint density at radius 3 is 2.40 bits per heavy atom. The highest BCUT2D eigenvalue weighted by atomic mass is 16.3. The molecule has 0 spiro atoms. The molecule has 0 aliphatic rings. The number of hydrogen-bond donors (Lipinski definition) is 2. The first-order valence-corrected chi connectivity index (χ1v) is 5.41. The van der Waals surface area contributed by atoms with Gasteiger partial charge in [0, 0.05) is 25.6 Å². The van der Waals surface area contributed by atoms with Crippen LogP contribution < -0.4 is 5.32 Å². The Morgan fingerprint density at radius 2 is 2.00 bits per heavy atom. The van der Waals surface area contributed by atoms with Crippen LogP contribution in [0.2, 0.25) is 0 Å². The van der Waals surface area contributed by atoms with Crippen LogP contribution >= 0.6 is 0 Å². The van der Waals surface area contributed by atoms with Gasteiger partial charge in [0.1, 0.15) is 0 Å². The molecule has 0 saturated heterocycles. The second-order valence-corrected chi connectivity index (χ2v) is 5.02. The van der Waals surface area contributed by atoms with Gasteiger partial charge in [0.05, 0.1) is 5.60 Å². The van der Waals surface area contributed by atoms with Crippen molar-refractivity contribution in [1.82, 2.24) is 10.2 Å². The van der Waals surface area contributed by atoms with Gasteiger partial charge in [-0.25, -0.2) is 0 Å². The highest BCUT2D eigenvalue weighted by Crippen LogP contribution is 2.03. The van der Waals surface area contributed by atoms with Crippen molar-refractivity contribution in [2.75, 3.05) is 20.1 Å². The molecule has 0 saturated carbocycles. The molecule has 0 rings (SSSR count). The first-order chi connectivity index (χ1) is 6.70. The summed E-state index contributed by atoms with van der Waals surface area (Å²) in [5.74, 6) is 0.0626. The fourth-order valence-electron chi connectivity index (χ4n) is 1.43. The minimum atomic E-state index is -0.705. The zero-order valence-electron chi connectivity index (χ0n) is 10.5. The summed E-state index contributed by atoms with van der Waals surface area (Å²) in [4.78, 5) is 13.3. The molecule has 0 aromatic heterocycles. The van der Waals surface area contributed by atoms with Crippen LogP contribution in [-0.4, -0.2) is 47.7 Å². The van der Waals surface area contributed by atoms with E-state index in [0.29, 0.717) is 19.5 Å². The molecule has 4 heteroatoms. The van der Waals surface area contributed by atoms with Crippen LogP contribution in [0.3, 0.4) is 0 Å². The number of aliphatic hydroxyl groups is 1. The molecule has 15 heavy (non-hydrogen) atoms. The number of nitrogens with one attached hydrogen (secondary N) is 1. The average Bonchev–Trinajstić information content (AvgIpc) is 1.96. The van der Waals surface area contributed by atoms with E-state index >= 15 is 0 Å². The zero-order valence-corrected chi connectivity index (χ0v) is 10.5. The Hall–Kier alpha value is -0.610. The Balaban J connectivity index is 3.71. The minimum absolute atomic E-state index is 0.0626. The first kappa shape index (κ1) is 14.4. The van der Waals surface area contributed by atoms with Gasteiger partial charge in [-0.2, -0.15) is 0 Å². The predicted octanol–water partition coefficient (Wildman–Crippen LogP) is 0.604. The third-order valence-corrected chi connectivity index (χ3v) is 1.83. The highest BCUT2D eigenvalue weighted by molar-refractivity contribution is 5.76. The fourth-order valence-corrected chi connectivity index (χ4v) is 1.43. The quantitative estimate of drug-likeness (QED) is 0.684. The maximum absolute atomic E-state index is 11.3. The van der Waals surface area contributed by atoms with Crippen molar-refractivity contribution in [3.8, 4) is 0 Å². The van der Waals surface area contributed by atoms with Crippen LogP contribution in [-0.2, 0) is 4.79 Å². The van der Waals surface area contributed by atoms with Gasteiger partial charge >= 0.3 is 0 Å². The normalized spacial score (nSPS) is 12.3. The summed E-state index contributed by atoms with van der Waals surface area (Å²) < 4.78 is 0. The number of carbonyl (C=O) groups excluding carboxylic acids is 1. The second kappa shape index (κ2) is 6.08. The lowest BCUT2D eigenvalue weighted by Gasteiger charge is -2.25. The highest BCUT2D eigenvalue weighted by Gasteiger charge is 2.15. The van der Waals surface area contributed by atoms with Crippen LogP contribution in [0.5, 0.6) is 0 Å². The lowest BCUT2D eigenvalue weighted by atomic mass is 10.1. The van der Waals surface area contributed by atoms with E-state index in [-0.39, 0.29) is 11.9 Å². The number of likely N-dealkylation sites (N-methyl/N-ethyl adjacent to an activating group) is 1. The number of rotatable bonds is 6. The van der Waals surface area contributed by atoms with E-state index in [0.717, 1.165) is 0 Å². The molecule has 0 heterocycles. The Labute approximate surface area is 92.7 Å². The van der Waals surface area contributed by atoms with Crippen LogP contribution in [0.1, 0.15) is 34.1 Å². The van der Waals surface area contributed by atoms with E-state index < -0.39 is 5.60 Å². The minimum Gasteiger partial charge on any atom is -0.389 e. The largest absolute Gasteiger partial charge is 0.389 e. The monoisotopic (exact) mass is 216 g/mol. The second-order valence-electron chi connectivity index (χ2n) is 5.02. The van der Waals surface area contributed by atoms with Crippen molar-refractivity contribution in [1.29, 1.82) is 0 Å². The SMILES string of the molecule is CC(C)NC(=O)CCN(C)CC(C)(C)O. The molecule has 0 bridgehead atoms. The van der Waals surface area contributed by atoms with E-state index in [1.165, 1.54) is 0 Å². The molecule has 4 nitrogen and oxygen atoms in total. The molecule has 90 valence electrons. The molecule has 0 aliphatic heterocycles. The van der Waals surface area contributed by atoms with Gasteiger partial charge in [-0.15, -0.1) is 0 Å². The molecule has 2 N–H and O–H groups in total. The van der Waals surface area contributed by atoms with E-state index in [1.54, 1.807) is 13.8 Å². The molecule has 0 fully saturated rings. The number of nitrogens with zero attached hydrogens (tertiary/aromatic N) is 1. The topological polar surface area (TPSA) is 52.6 Å². The molecule has 0 aromatic rings.